The Balaban J connectivity index is 0.000000720. The number of halogens is 2. The Bertz CT molecular complexity index is 288. The standard InChI is InChI=1S/C9H10FN.ClH/c10-7-3-1-6-2-4-9(11)8(6)5-7;/h1,3,5,9H,2,4,11H2;1H/t9-;/m1./s1. The summed E-state index contributed by atoms with van der Waals surface area (Å²) in [5.74, 6) is -0.180. The van der Waals surface area contributed by atoms with Crippen molar-refractivity contribution >= 4 is 12.4 Å². The lowest BCUT2D eigenvalue weighted by Crippen LogP contribution is -2.05. The Morgan fingerprint density at radius 1 is 1.42 bits per heavy atom. The average molecular weight is 188 g/mol. The van der Waals surface area contributed by atoms with Crippen LogP contribution in [0, 0.1) is 5.82 Å². The van der Waals surface area contributed by atoms with Crippen molar-refractivity contribution in [2.45, 2.75) is 18.9 Å². The third-order valence-electron chi connectivity index (χ3n) is 2.23. The fourth-order valence-electron chi connectivity index (χ4n) is 1.61. The molecule has 1 aromatic rings. The third kappa shape index (κ3) is 1.45. The van der Waals surface area contributed by atoms with E-state index in [9.17, 15) is 4.39 Å². The lowest BCUT2D eigenvalue weighted by atomic mass is 10.1. The summed E-state index contributed by atoms with van der Waals surface area (Å²) < 4.78 is 12.7. The fourth-order valence-corrected chi connectivity index (χ4v) is 1.61. The van der Waals surface area contributed by atoms with Crippen LogP contribution in [0.15, 0.2) is 18.2 Å². The molecule has 0 saturated carbocycles. The molecule has 0 fully saturated rings. The summed E-state index contributed by atoms with van der Waals surface area (Å²) in [7, 11) is 0. The molecule has 0 radical (unpaired) electrons. The number of hydrogen-bond acceptors (Lipinski definition) is 1. The first-order valence-electron chi connectivity index (χ1n) is 3.81. The van der Waals surface area contributed by atoms with Crippen LogP contribution >= 0.6 is 12.4 Å². The predicted octanol–water partition coefficient (Wildman–Crippen LogP) is 2.19. The van der Waals surface area contributed by atoms with Crippen LogP contribution in [0.5, 0.6) is 0 Å². The highest BCUT2D eigenvalue weighted by molar-refractivity contribution is 5.85. The van der Waals surface area contributed by atoms with E-state index in [1.807, 2.05) is 6.07 Å². The molecule has 12 heavy (non-hydrogen) atoms. The molecule has 1 aromatic carbocycles. The summed E-state index contributed by atoms with van der Waals surface area (Å²) in [5, 5.41) is 0. The van der Waals surface area contributed by atoms with Gasteiger partial charge in [0.2, 0.25) is 0 Å². The van der Waals surface area contributed by atoms with E-state index in [1.165, 1.54) is 11.6 Å². The summed E-state index contributed by atoms with van der Waals surface area (Å²) >= 11 is 0. The van der Waals surface area contributed by atoms with Gasteiger partial charge in [-0.15, -0.1) is 12.4 Å². The average Bonchev–Trinajstić information content (AvgIpc) is 2.33. The lowest BCUT2D eigenvalue weighted by molar-refractivity contribution is 0.622. The zero-order valence-electron chi connectivity index (χ0n) is 6.59. The number of hydrogen-bond donors (Lipinski definition) is 1. The van der Waals surface area contributed by atoms with Crippen LogP contribution < -0.4 is 5.73 Å². The zero-order chi connectivity index (χ0) is 7.84. The van der Waals surface area contributed by atoms with Crippen molar-refractivity contribution in [1.29, 1.82) is 0 Å². The maximum absolute atomic E-state index is 12.7. The maximum atomic E-state index is 12.7. The number of rotatable bonds is 0. The minimum absolute atomic E-state index is 0. The predicted molar refractivity (Wildman–Crippen MR) is 48.9 cm³/mol. The molecule has 0 unspecified atom stereocenters. The molecule has 1 aliphatic rings. The molecule has 0 bridgehead atoms. The SMILES string of the molecule is Cl.N[C@@H]1CCc2ccc(F)cc21. The van der Waals surface area contributed by atoms with E-state index in [2.05, 4.69) is 0 Å². The Labute approximate surface area is 77.2 Å². The summed E-state index contributed by atoms with van der Waals surface area (Å²) in [6.45, 7) is 0. The van der Waals surface area contributed by atoms with Gasteiger partial charge in [-0.25, -0.2) is 4.39 Å². The van der Waals surface area contributed by atoms with Gasteiger partial charge >= 0.3 is 0 Å². The minimum atomic E-state index is -0.180. The highest BCUT2D eigenvalue weighted by Crippen LogP contribution is 2.29. The van der Waals surface area contributed by atoms with E-state index < -0.39 is 0 Å². The molecule has 1 atom stereocenters. The maximum Gasteiger partial charge on any atom is 0.123 e. The fraction of sp³-hybridized carbons (Fsp3) is 0.333. The van der Waals surface area contributed by atoms with Crippen LogP contribution in [0.2, 0.25) is 0 Å². The molecule has 0 aliphatic heterocycles. The van der Waals surface area contributed by atoms with Crippen LogP contribution in [0.25, 0.3) is 0 Å². The van der Waals surface area contributed by atoms with Gasteiger partial charge in [0.1, 0.15) is 5.82 Å². The minimum Gasteiger partial charge on any atom is -0.324 e. The second-order valence-electron chi connectivity index (χ2n) is 2.99. The van der Waals surface area contributed by atoms with Crippen LogP contribution in [0.3, 0.4) is 0 Å². The van der Waals surface area contributed by atoms with Crippen molar-refractivity contribution in [3.8, 4) is 0 Å². The van der Waals surface area contributed by atoms with Gasteiger partial charge in [-0.3, -0.25) is 0 Å². The van der Waals surface area contributed by atoms with E-state index in [4.69, 9.17) is 5.73 Å². The van der Waals surface area contributed by atoms with Gasteiger partial charge in [0.05, 0.1) is 0 Å². The van der Waals surface area contributed by atoms with E-state index >= 15 is 0 Å². The molecular formula is C9H11ClFN. The van der Waals surface area contributed by atoms with Gasteiger partial charge in [-0.2, -0.15) is 0 Å². The highest BCUT2D eigenvalue weighted by atomic mass is 35.5. The molecule has 2 rings (SSSR count). The summed E-state index contributed by atoms with van der Waals surface area (Å²) in [6.07, 6.45) is 1.95. The lowest BCUT2D eigenvalue weighted by Gasteiger charge is -2.02. The number of fused-ring (bicyclic) bond motifs is 1. The van der Waals surface area contributed by atoms with Gasteiger partial charge in [-0.1, -0.05) is 6.07 Å². The molecule has 0 aromatic heterocycles. The molecule has 1 nitrogen and oxygen atoms in total. The summed E-state index contributed by atoms with van der Waals surface area (Å²) in [6, 6.07) is 4.93. The van der Waals surface area contributed by atoms with E-state index in [0.29, 0.717) is 0 Å². The van der Waals surface area contributed by atoms with Crippen molar-refractivity contribution in [3.05, 3.63) is 35.1 Å². The largest absolute Gasteiger partial charge is 0.324 e. The summed E-state index contributed by atoms with van der Waals surface area (Å²) in [5.41, 5.74) is 7.95. The monoisotopic (exact) mass is 187 g/mol. The van der Waals surface area contributed by atoms with Crippen LogP contribution in [0.4, 0.5) is 4.39 Å². The Kier molecular flexibility index (Phi) is 2.70. The Hall–Kier alpha value is -0.600. The second-order valence-corrected chi connectivity index (χ2v) is 2.99. The first kappa shape index (κ1) is 9.49. The number of benzene rings is 1. The molecule has 0 heterocycles. The molecule has 0 spiro atoms. The zero-order valence-corrected chi connectivity index (χ0v) is 7.40. The Morgan fingerprint density at radius 2 is 2.17 bits per heavy atom. The topological polar surface area (TPSA) is 26.0 Å². The smallest absolute Gasteiger partial charge is 0.123 e. The number of aryl methyl sites for hydroxylation is 1. The van der Waals surface area contributed by atoms with E-state index in [1.54, 1.807) is 6.07 Å². The third-order valence-corrected chi connectivity index (χ3v) is 2.23. The first-order valence-corrected chi connectivity index (χ1v) is 3.81. The van der Waals surface area contributed by atoms with Gasteiger partial charge in [-0.05, 0) is 36.1 Å². The van der Waals surface area contributed by atoms with E-state index in [0.717, 1.165) is 18.4 Å². The van der Waals surface area contributed by atoms with Crippen molar-refractivity contribution < 1.29 is 4.39 Å². The quantitative estimate of drug-likeness (QED) is 0.662. The number of nitrogens with two attached hydrogens (primary N) is 1. The van der Waals surface area contributed by atoms with Crippen LogP contribution in [0.1, 0.15) is 23.6 Å². The summed E-state index contributed by atoms with van der Waals surface area (Å²) in [4.78, 5) is 0. The molecule has 3 heteroatoms. The van der Waals surface area contributed by atoms with Gasteiger partial charge in [0, 0.05) is 6.04 Å². The molecule has 0 saturated heterocycles. The molecule has 0 amide bonds. The second kappa shape index (κ2) is 3.42. The van der Waals surface area contributed by atoms with Crippen molar-refractivity contribution in [1.82, 2.24) is 0 Å². The molecule has 66 valence electrons. The molecule has 1 aliphatic carbocycles. The normalized spacial score (nSPS) is 20.0. The highest BCUT2D eigenvalue weighted by Gasteiger charge is 2.18. The van der Waals surface area contributed by atoms with Crippen LogP contribution in [-0.2, 0) is 6.42 Å². The first-order chi connectivity index (χ1) is 5.27. The van der Waals surface area contributed by atoms with Gasteiger partial charge in [0.25, 0.3) is 0 Å². The van der Waals surface area contributed by atoms with Crippen molar-refractivity contribution in [3.63, 3.8) is 0 Å². The van der Waals surface area contributed by atoms with E-state index in [-0.39, 0.29) is 24.3 Å². The van der Waals surface area contributed by atoms with Gasteiger partial charge in [0.15, 0.2) is 0 Å². The van der Waals surface area contributed by atoms with Crippen LogP contribution in [-0.4, -0.2) is 0 Å². The molecule has 2 N–H and O–H groups in total. The van der Waals surface area contributed by atoms with Crippen molar-refractivity contribution in [2.24, 2.45) is 5.73 Å². The Morgan fingerprint density at radius 3 is 2.92 bits per heavy atom. The van der Waals surface area contributed by atoms with Gasteiger partial charge < -0.3 is 5.73 Å². The molecular weight excluding hydrogens is 177 g/mol. The van der Waals surface area contributed by atoms with Crippen molar-refractivity contribution in [2.75, 3.05) is 0 Å².